The zero-order valence-electron chi connectivity index (χ0n) is 10.2. The molecule has 0 fully saturated rings. The van der Waals surface area contributed by atoms with E-state index in [4.69, 9.17) is 4.52 Å². The molecule has 5 heteroatoms. The molecule has 0 spiro atoms. The van der Waals surface area contributed by atoms with Gasteiger partial charge in [-0.2, -0.15) is 4.98 Å². The van der Waals surface area contributed by atoms with Crippen LogP contribution in [-0.2, 0) is 13.0 Å². The van der Waals surface area contributed by atoms with Gasteiger partial charge in [-0.25, -0.2) is 0 Å². The summed E-state index contributed by atoms with van der Waals surface area (Å²) < 4.78 is 5.22. The molecule has 0 aliphatic rings. The Bertz CT molecular complexity index is 619. The van der Waals surface area contributed by atoms with Crippen LogP contribution in [0.25, 0.3) is 0 Å². The predicted octanol–water partition coefficient (Wildman–Crippen LogP) is 3.33. The lowest BCUT2D eigenvalue weighted by Gasteiger charge is -2.01. The zero-order valence-corrected chi connectivity index (χ0v) is 11.1. The van der Waals surface area contributed by atoms with Crippen LogP contribution in [-0.4, -0.2) is 10.1 Å². The van der Waals surface area contributed by atoms with Gasteiger partial charge >= 0.3 is 0 Å². The molecule has 0 saturated carbocycles. The van der Waals surface area contributed by atoms with Crippen LogP contribution in [0.4, 0.5) is 5.69 Å². The second-order valence-electron chi connectivity index (χ2n) is 4.08. The molecular weight excluding hydrogens is 258 g/mol. The minimum Gasteiger partial charge on any atom is -0.376 e. The summed E-state index contributed by atoms with van der Waals surface area (Å²) in [7, 11) is 0. The van der Waals surface area contributed by atoms with Gasteiger partial charge in [0.25, 0.3) is 0 Å². The van der Waals surface area contributed by atoms with Crippen molar-refractivity contribution in [1.29, 1.82) is 0 Å². The number of para-hydroxylation sites is 1. The first-order chi connectivity index (χ1) is 9.40. The molecule has 1 N–H and O–H groups in total. The van der Waals surface area contributed by atoms with Gasteiger partial charge in [0, 0.05) is 17.0 Å². The lowest BCUT2D eigenvalue weighted by molar-refractivity contribution is 0.378. The van der Waals surface area contributed by atoms with Crippen LogP contribution >= 0.6 is 11.3 Å². The third kappa shape index (κ3) is 3.20. The van der Waals surface area contributed by atoms with Crippen LogP contribution in [0.5, 0.6) is 0 Å². The SMILES string of the molecule is c1ccc(NCc2nc(Cc3cccs3)no2)cc1. The monoisotopic (exact) mass is 271 g/mol. The summed E-state index contributed by atoms with van der Waals surface area (Å²) in [6.45, 7) is 0.543. The predicted molar refractivity (Wildman–Crippen MR) is 75.2 cm³/mol. The van der Waals surface area contributed by atoms with E-state index in [0.29, 0.717) is 12.4 Å². The molecule has 3 rings (SSSR count). The maximum Gasteiger partial charge on any atom is 0.245 e. The maximum atomic E-state index is 5.22. The van der Waals surface area contributed by atoms with E-state index in [1.807, 2.05) is 41.8 Å². The Morgan fingerprint density at radius 1 is 1.11 bits per heavy atom. The van der Waals surface area contributed by atoms with Crippen molar-refractivity contribution in [3.05, 3.63) is 64.4 Å². The number of aromatic nitrogens is 2. The molecule has 19 heavy (non-hydrogen) atoms. The molecule has 0 aliphatic heterocycles. The van der Waals surface area contributed by atoms with E-state index in [9.17, 15) is 0 Å². The van der Waals surface area contributed by atoms with Crippen LogP contribution in [0.3, 0.4) is 0 Å². The van der Waals surface area contributed by atoms with Crippen LogP contribution in [0.15, 0.2) is 52.4 Å². The quantitative estimate of drug-likeness (QED) is 0.773. The molecule has 0 unspecified atom stereocenters. The fourth-order valence-electron chi connectivity index (χ4n) is 1.74. The van der Waals surface area contributed by atoms with Crippen molar-refractivity contribution in [3.63, 3.8) is 0 Å². The van der Waals surface area contributed by atoms with E-state index in [1.165, 1.54) is 4.88 Å². The van der Waals surface area contributed by atoms with E-state index >= 15 is 0 Å². The minimum absolute atomic E-state index is 0.543. The normalized spacial score (nSPS) is 10.5. The highest BCUT2D eigenvalue weighted by molar-refractivity contribution is 7.09. The molecule has 96 valence electrons. The summed E-state index contributed by atoms with van der Waals surface area (Å²) in [6.07, 6.45) is 0.729. The molecule has 0 bridgehead atoms. The molecule has 4 nitrogen and oxygen atoms in total. The highest BCUT2D eigenvalue weighted by Gasteiger charge is 2.07. The maximum absolute atomic E-state index is 5.22. The van der Waals surface area contributed by atoms with E-state index in [1.54, 1.807) is 11.3 Å². The van der Waals surface area contributed by atoms with Crippen molar-refractivity contribution in [2.24, 2.45) is 0 Å². The summed E-state index contributed by atoms with van der Waals surface area (Å²) in [6, 6.07) is 14.1. The molecule has 0 amide bonds. The Morgan fingerprint density at radius 2 is 2.00 bits per heavy atom. The smallest absolute Gasteiger partial charge is 0.245 e. The van der Waals surface area contributed by atoms with Crippen LogP contribution in [0, 0.1) is 0 Å². The van der Waals surface area contributed by atoms with Gasteiger partial charge in [-0.05, 0) is 23.6 Å². The van der Waals surface area contributed by atoms with Gasteiger partial charge in [-0.15, -0.1) is 11.3 Å². The third-order valence-electron chi connectivity index (χ3n) is 2.64. The zero-order chi connectivity index (χ0) is 12.9. The molecule has 0 atom stereocenters. The largest absolute Gasteiger partial charge is 0.376 e. The van der Waals surface area contributed by atoms with Gasteiger partial charge < -0.3 is 9.84 Å². The van der Waals surface area contributed by atoms with Crippen molar-refractivity contribution >= 4 is 17.0 Å². The van der Waals surface area contributed by atoms with Crippen LogP contribution < -0.4 is 5.32 Å². The molecule has 2 aromatic heterocycles. The number of hydrogen-bond donors (Lipinski definition) is 1. The Morgan fingerprint density at radius 3 is 2.79 bits per heavy atom. The molecule has 2 heterocycles. The van der Waals surface area contributed by atoms with Gasteiger partial charge in [0.15, 0.2) is 5.82 Å². The number of rotatable bonds is 5. The van der Waals surface area contributed by atoms with Gasteiger partial charge in [0.05, 0.1) is 6.54 Å². The highest BCUT2D eigenvalue weighted by Crippen LogP contribution is 2.13. The topological polar surface area (TPSA) is 51.0 Å². The molecule has 3 aromatic rings. The van der Waals surface area contributed by atoms with E-state index in [0.717, 1.165) is 17.9 Å². The first-order valence-electron chi connectivity index (χ1n) is 6.03. The number of thiophene rings is 1. The van der Waals surface area contributed by atoms with Crippen molar-refractivity contribution in [2.45, 2.75) is 13.0 Å². The van der Waals surface area contributed by atoms with Crippen molar-refractivity contribution in [3.8, 4) is 0 Å². The highest BCUT2D eigenvalue weighted by atomic mass is 32.1. The second-order valence-corrected chi connectivity index (χ2v) is 5.11. The summed E-state index contributed by atoms with van der Waals surface area (Å²) in [4.78, 5) is 5.61. The van der Waals surface area contributed by atoms with Crippen LogP contribution in [0.2, 0.25) is 0 Å². The van der Waals surface area contributed by atoms with Gasteiger partial charge in [0.1, 0.15) is 0 Å². The first-order valence-corrected chi connectivity index (χ1v) is 6.91. The summed E-state index contributed by atoms with van der Waals surface area (Å²) in [5.41, 5.74) is 1.04. The van der Waals surface area contributed by atoms with Gasteiger partial charge in [0.2, 0.25) is 5.89 Å². The first kappa shape index (κ1) is 11.9. The molecule has 0 aliphatic carbocycles. The average Bonchev–Trinajstić information content (AvgIpc) is 3.10. The Hall–Kier alpha value is -2.14. The lowest BCUT2D eigenvalue weighted by Crippen LogP contribution is -1.99. The fraction of sp³-hybridized carbons (Fsp3) is 0.143. The summed E-state index contributed by atoms with van der Waals surface area (Å²) in [5.74, 6) is 1.34. The van der Waals surface area contributed by atoms with Gasteiger partial charge in [-0.3, -0.25) is 0 Å². The van der Waals surface area contributed by atoms with Crippen molar-refractivity contribution in [1.82, 2.24) is 10.1 Å². The Balaban J connectivity index is 1.59. The van der Waals surface area contributed by atoms with E-state index in [-0.39, 0.29) is 0 Å². The molecular formula is C14H13N3OS. The minimum atomic E-state index is 0.543. The average molecular weight is 271 g/mol. The number of nitrogens with one attached hydrogen (secondary N) is 1. The summed E-state index contributed by atoms with van der Waals surface area (Å²) in [5, 5.41) is 9.27. The van der Waals surface area contributed by atoms with Crippen LogP contribution in [0.1, 0.15) is 16.6 Å². The number of nitrogens with zero attached hydrogens (tertiary/aromatic N) is 2. The van der Waals surface area contributed by atoms with E-state index < -0.39 is 0 Å². The standard InChI is InChI=1S/C14H13N3OS/c1-2-5-11(6-3-1)15-10-14-16-13(17-18-14)9-12-7-4-8-19-12/h1-8,15H,9-10H2. The fourth-order valence-corrected chi connectivity index (χ4v) is 2.44. The third-order valence-corrected chi connectivity index (χ3v) is 3.52. The Labute approximate surface area is 115 Å². The number of hydrogen-bond acceptors (Lipinski definition) is 5. The van der Waals surface area contributed by atoms with E-state index in [2.05, 4.69) is 21.5 Å². The van der Waals surface area contributed by atoms with Gasteiger partial charge in [-0.1, -0.05) is 29.4 Å². The molecule has 1 aromatic carbocycles. The van der Waals surface area contributed by atoms with Crippen molar-refractivity contribution in [2.75, 3.05) is 5.32 Å². The second kappa shape index (κ2) is 5.67. The van der Waals surface area contributed by atoms with Crippen molar-refractivity contribution < 1.29 is 4.52 Å². The molecule has 0 saturated heterocycles. The Kier molecular flexibility index (Phi) is 3.56. The lowest BCUT2D eigenvalue weighted by atomic mass is 10.3. The molecule has 0 radical (unpaired) electrons. The number of benzene rings is 1. The summed E-state index contributed by atoms with van der Waals surface area (Å²) >= 11 is 1.70. The number of anilines is 1.